The highest BCUT2D eigenvalue weighted by atomic mass is 127. The second-order valence-corrected chi connectivity index (χ2v) is 7.63. The lowest BCUT2D eigenvalue weighted by atomic mass is 9.86. The van der Waals surface area contributed by atoms with E-state index in [0.29, 0.717) is 24.0 Å². The highest BCUT2D eigenvalue weighted by Gasteiger charge is 2.12. The van der Waals surface area contributed by atoms with Gasteiger partial charge in [0, 0.05) is 13.6 Å². The van der Waals surface area contributed by atoms with Gasteiger partial charge in [-0.25, -0.2) is 4.98 Å². The Morgan fingerprint density at radius 2 is 1.90 bits per heavy atom. The van der Waals surface area contributed by atoms with Crippen LogP contribution < -0.4 is 10.6 Å². The number of hydrogen-bond acceptors (Lipinski definition) is 4. The average Bonchev–Trinajstić information content (AvgIpc) is 3.35. The summed E-state index contributed by atoms with van der Waals surface area (Å²) >= 11 is 0. The predicted octanol–water partition coefficient (Wildman–Crippen LogP) is 3.89. The molecule has 3 rings (SSSR count). The number of halogens is 1. The number of nitrogens with one attached hydrogen (secondary N) is 3. The molecule has 0 radical (unpaired) electrons. The smallest absolute Gasteiger partial charge is 0.216 e. The molecule has 2 heterocycles. The number of aromatic amines is 1. The van der Waals surface area contributed by atoms with Crippen molar-refractivity contribution in [2.24, 2.45) is 4.99 Å². The zero-order chi connectivity index (χ0) is 20.0. The fourth-order valence-electron chi connectivity index (χ4n) is 2.78. The molecule has 0 unspecified atom stereocenters. The quantitative estimate of drug-likeness (QED) is 0.267. The highest BCUT2D eigenvalue weighted by Crippen LogP contribution is 2.22. The normalized spacial score (nSPS) is 11.8. The zero-order valence-corrected chi connectivity index (χ0v) is 19.7. The minimum atomic E-state index is 0. The van der Waals surface area contributed by atoms with Crippen LogP contribution in [0.1, 0.15) is 37.7 Å². The van der Waals surface area contributed by atoms with Gasteiger partial charge in [-0.05, 0) is 35.1 Å². The van der Waals surface area contributed by atoms with Gasteiger partial charge in [0.25, 0.3) is 0 Å². The van der Waals surface area contributed by atoms with Crippen molar-refractivity contribution in [1.82, 2.24) is 25.8 Å². The van der Waals surface area contributed by atoms with Crippen molar-refractivity contribution in [1.29, 1.82) is 0 Å². The molecule has 156 valence electrons. The summed E-state index contributed by atoms with van der Waals surface area (Å²) in [6, 6.07) is 12.5. The molecular formula is C21H29IN6O. The first kappa shape index (κ1) is 22.9. The van der Waals surface area contributed by atoms with Gasteiger partial charge in [0.05, 0.1) is 12.8 Å². The number of aliphatic imine (C=N–C) groups is 1. The number of benzene rings is 1. The average molecular weight is 508 g/mol. The molecule has 7 nitrogen and oxygen atoms in total. The third-order valence-electron chi connectivity index (χ3n) is 4.45. The largest absolute Gasteiger partial charge is 0.461 e. The van der Waals surface area contributed by atoms with Crippen molar-refractivity contribution in [3.63, 3.8) is 0 Å². The minimum Gasteiger partial charge on any atom is -0.461 e. The van der Waals surface area contributed by atoms with Crippen molar-refractivity contribution < 1.29 is 4.42 Å². The molecule has 0 aliphatic heterocycles. The standard InChI is InChI=1S/C21H28N6O.HI/c1-21(2,3)16-9-7-15(8-10-16)11-12-23-20(22-4)24-14-18-25-19(27-26-18)17-6-5-13-28-17;/h5-10,13H,11-12,14H2,1-4H3,(H2,22,23,24)(H,25,26,27);1H. The van der Waals surface area contributed by atoms with Crippen LogP contribution in [0.5, 0.6) is 0 Å². The molecule has 3 aromatic rings. The van der Waals surface area contributed by atoms with Crippen molar-refractivity contribution in [3.05, 3.63) is 59.6 Å². The molecule has 0 fully saturated rings. The molecule has 0 bridgehead atoms. The maximum absolute atomic E-state index is 5.30. The highest BCUT2D eigenvalue weighted by molar-refractivity contribution is 14.0. The molecule has 0 saturated carbocycles. The number of guanidine groups is 1. The van der Waals surface area contributed by atoms with Gasteiger partial charge in [-0.15, -0.1) is 29.1 Å². The van der Waals surface area contributed by atoms with Gasteiger partial charge in [0.15, 0.2) is 11.7 Å². The zero-order valence-electron chi connectivity index (χ0n) is 17.3. The lowest BCUT2D eigenvalue weighted by molar-refractivity contribution is 0.577. The van der Waals surface area contributed by atoms with Gasteiger partial charge in [0.1, 0.15) is 5.82 Å². The Bertz CT molecular complexity index is 894. The minimum absolute atomic E-state index is 0. The van der Waals surface area contributed by atoms with Crippen LogP contribution in [0, 0.1) is 0 Å². The second-order valence-electron chi connectivity index (χ2n) is 7.63. The SMILES string of the molecule is CN=C(NCCc1ccc(C(C)(C)C)cc1)NCc1nc(-c2ccco2)n[nH]1.I. The van der Waals surface area contributed by atoms with Crippen LogP contribution in [0.3, 0.4) is 0 Å². The molecule has 0 amide bonds. The molecule has 29 heavy (non-hydrogen) atoms. The Labute approximate surface area is 188 Å². The Hall–Kier alpha value is -2.36. The number of H-pyrrole nitrogens is 1. The Kier molecular flexibility index (Phi) is 8.24. The summed E-state index contributed by atoms with van der Waals surface area (Å²) < 4.78 is 5.30. The van der Waals surface area contributed by atoms with E-state index in [4.69, 9.17) is 4.42 Å². The van der Waals surface area contributed by atoms with E-state index >= 15 is 0 Å². The van der Waals surface area contributed by atoms with Crippen LogP contribution in [0.25, 0.3) is 11.6 Å². The Morgan fingerprint density at radius 3 is 2.52 bits per heavy atom. The summed E-state index contributed by atoms with van der Waals surface area (Å²) in [4.78, 5) is 8.66. The summed E-state index contributed by atoms with van der Waals surface area (Å²) in [5.41, 5.74) is 2.83. The fourth-order valence-corrected chi connectivity index (χ4v) is 2.78. The van der Waals surface area contributed by atoms with E-state index in [2.05, 4.69) is 75.8 Å². The van der Waals surface area contributed by atoms with E-state index in [0.717, 1.165) is 18.9 Å². The summed E-state index contributed by atoms with van der Waals surface area (Å²) in [5, 5.41) is 13.6. The van der Waals surface area contributed by atoms with Gasteiger partial charge >= 0.3 is 0 Å². The molecule has 0 spiro atoms. The third-order valence-corrected chi connectivity index (χ3v) is 4.45. The molecule has 0 saturated heterocycles. The molecule has 2 aromatic heterocycles. The molecule has 8 heteroatoms. The second kappa shape index (κ2) is 10.4. The predicted molar refractivity (Wildman–Crippen MR) is 127 cm³/mol. The number of aromatic nitrogens is 3. The van der Waals surface area contributed by atoms with E-state index in [1.54, 1.807) is 13.3 Å². The van der Waals surface area contributed by atoms with Crippen molar-refractivity contribution in [2.45, 2.75) is 39.2 Å². The maximum atomic E-state index is 5.30. The van der Waals surface area contributed by atoms with E-state index in [1.165, 1.54) is 11.1 Å². The van der Waals surface area contributed by atoms with Gasteiger partial charge in [-0.1, -0.05) is 45.0 Å². The van der Waals surface area contributed by atoms with Gasteiger partial charge in [-0.2, -0.15) is 0 Å². The first-order chi connectivity index (χ1) is 13.5. The van der Waals surface area contributed by atoms with Crippen LogP contribution in [-0.4, -0.2) is 34.7 Å². The van der Waals surface area contributed by atoms with Gasteiger partial charge in [0.2, 0.25) is 5.82 Å². The van der Waals surface area contributed by atoms with Crippen LogP contribution in [-0.2, 0) is 18.4 Å². The molecule has 0 aliphatic carbocycles. The van der Waals surface area contributed by atoms with E-state index in [9.17, 15) is 0 Å². The van der Waals surface area contributed by atoms with Crippen LogP contribution >= 0.6 is 24.0 Å². The number of furan rings is 1. The van der Waals surface area contributed by atoms with E-state index in [1.807, 2.05) is 12.1 Å². The lowest BCUT2D eigenvalue weighted by Gasteiger charge is -2.19. The Morgan fingerprint density at radius 1 is 1.14 bits per heavy atom. The topological polar surface area (TPSA) is 91.1 Å². The summed E-state index contributed by atoms with van der Waals surface area (Å²) in [6.07, 6.45) is 2.53. The summed E-state index contributed by atoms with van der Waals surface area (Å²) in [6.45, 7) is 7.97. The maximum Gasteiger partial charge on any atom is 0.216 e. The number of nitrogens with zero attached hydrogens (tertiary/aromatic N) is 3. The monoisotopic (exact) mass is 508 g/mol. The molecule has 3 N–H and O–H groups in total. The number of rotatable bonds is 6. The third kappa shape index (κ3) is 6.59. The van der Waals surface area contributed by atoms with Crippen LogP contribution in [0.2, 0.25) is 0 Å². The Balaban J connectivity index is 0.00000300. The number of hydrogen-bond donors (Lipinski definition) is 3. The first-order valence-electron chi connectivity index (χ1n) is 9.45. The summed E-state index contributed by atoms with van der Waals surface area (Å²) in [7, 11) is 1.75. The van der Waals surface area contributed by atoms with Crippen molar-refractivity contribution in [3.8, 4) is 11.6 Å². The molecular weight excluding hydrogens is 479 g/mol. The van der Waals surface area contributed by atoms with Crippen molar-refractivity contribution in [2.75, 3.05) is 13.6 Å². The van der Waals surface area contributed by atoms with Crippen LogP contribution in [0.4, 0.5) is 0 Å². The van der Waals surface area contributed by atoms with Gasteiger partial charge < -0.3 is 15.1 Å². The van der Waals surface area contributed by atoms with Gasteiger partial charge in [-0.3, -0.25) is 10.1 Å². The van der Waals surface area contributed by atoms with Crippen LogP contribution in [0.15, 0.2) is 52.1 Å². The first-order valence-corrected chi connectivity index (χ1v) is 9.45. The summed E-state index contributed by atoms with van der Waals surface area (Å²) in [5.74, 6) is 2.63. The molecule has 1 aromatic carbocycles. The fraction of sp³-hybridized carbons (Fsp3) is 0.381. The van der Waals surface area contributed by atoms with Crippen molar-refractivity contribution >= 4 is 29.9 Å². The lowest BCUT2D eigenvalue weighted by Crippen LogP contribution is -2.38. The van der Waals surface area contributed by atoms with E-state index < -0.39 is 0 Å². The molecule has 0 atom stereocenters. The molecule has 0 aliphatic rings. The van der Waals surface area contributed by atoms with E-state index in [-0.39, 0.29) is 29.4 Å².